The lowest BCUT2D eigenvalue weighted by Gasteiger charge is -2.41. The first-order chi connectivity index (χ1) is 7.65. The van der Waals surface area contributed by atoms with Crippen molar-refractivity contribution in [3.05, 3.63) is 0 Å². The highest BCUT2D eigenvalue weighted by atomic mass is 15.2. The minimum Gasteiger partial charge on any atom is -0.317 e. The van der Waals surface area contributed by atoms with Crippen LogP contribution in [0, 0.1) is 11.8 Å². The fraction of sp³-hybridized carbons (Fsp3) is 1.00. The van der Waals surface area contributed by atoms with Gasteiger partial charge in [0.05, 0.1) is 0 Å². The molecule has 1 heterocycles. The van der Waals surface area contributed by atoms with Gasteiger partial charge in [0.15, 0.2) is 0 Å². The number of nitrogens with zero attached hydrogens (tertiary/aromatic N) is 1. The summed E-state index contributed by atoms with van der Waals surface area (Å²) in [5.41, 5.74) is 0. The number of hydrogen-bond donors (Lipinski definition) is 1. The van der Waals surface area contributed by atoms with E-state index >= 15 is 0 Å². The zero-order valence-electron chi connectivity index (χ0n) is 11.6. The second-order valence-corrected chi connectivity index (χ2v) is 5.61. The molecule has 0 radical (unpaired) electrons. The summed E-state index contributed by atoms with van der Waals surface area (Å²) in [5, 5.41) is 3.40. The first kappa shape index (κ1) is 14.0. The molecular weight excluding hydrogens is 196 g/mol. The van der Waals surface area contributed by atoms with Crippen LogP contribution in [0.2, 0.25) is 0 Å². The number of unbranched alkanes of at least 4 members (excludes halogenated alkanes) is 1. The van der Waals surface area contributed by atoms with Crippen LogP contribution in [0.15, 0.2) is 0 Å². The van der Waals surface area contributed by atoms with Gasteiger partial charge < -0.3 is 10.2 Å². The van der Waals surface area contributed by atoms with Crippen LogP contribution in [-0.2, 0) is 0 Å². The molecule has 0 amide bonds. The lowest BCUT2D eigenvalue weighted by Crippen LogP contribution is -2.46. The van der Waals surface area contributed by atoms with Gasteiger partial charge in [-0.15, -0.1) is 0 Å². The molecule has 2 nitrogen and oxygen atoms in total. The normalized spacial score (nSPS) is 31.9. The maximum absolute atomic E-state index is 3.40. The third-order valence-corrected chi connectivity index (χ3v) is 4.02. The first-order valence-electron chi connectivity index (χ1n) is 7.09. The molecule has 0 spiro atoms. The molecule has 16 heavy (non-hydrogen) atoms. The third-order valence-electron chi connectivity index (χ3n) is 4.02. The minimum absolute atomic E-state index is 0.787. The van der Waals surface area contributed by atoms with E-state index in [1.165, 1.54) is 38.9 Å². The Morgan fingerprint density at radius 3 is 2.62 bits per heavy atom. The Labute approximate surface area is 102 Å². The predicted octanol–water partition coefficient (Wildman–Crippen LogP) is 2.74. The highest BCUT2D eigenvalue weighted by Gasteiger charge is 2.27. The molecule has 0 aromatic rings. The molecule has 2 heteroatoms. The van der Waals surface area contributed by atoms with Crippen LogP contribution in [0.3, 0.4) is 0 Å². The van der Waals surface area contributed by atoms with Crippen molar-refractivity contribution in [3.63, 3.8) is 0 Å². The Balaban J connectivity index is 2.19. The Bertz CT molecular complexity index is 182. The highest BCUT2D eigenvalue weighted by molar-refractivity contribution is 4.81. The summed E-state index contributed by atoms with van der Waals surface area (Å²) in [6.07, 6.45) is 4.08. The lowest BCUT2D eigenvalue weighted by atomic mass is 9.86. The molecule has 0 saturated carbocycles. The van der Waals surface area contributed by atoms with E-state index in [2.05, 4.69) is 37.9 Å². The van der Waals surface area contributed by atoms with E-state index < -0.39 is 0 Å². The summed E-state index contributed by atoms with van der Waals surface area (Å²) in [6.45, 7) is 14.3. The van der Waals surface area contributed by atoms with Crippen LogP contribution in [0.1, 0.15) is 47.0 Å². The summed E-state index contributed by atoms with van der Waals surface area (Å²) in [7, 11) is 0. The fourth-order valence-electron chi connectivity index (χ4n) is 2.87. The topological polar surface area (TPSA) is 15.3 Å². The van der Waals surface area contributed by atoms with Gasteiger partial charge in [0.25, 0.3) is 0 Å². The maximum atomic E-state index is 3.40. The molecule has 0 aromatic heterocycles. The standard InChI is InChI=1S/C14H30N2/c1-5-15-8-6-7-9-16-11-12(2)10-13(3)14(16)4/h12-15H,5-11H2,1-4H3. The maximum Gasteiger partial charge on any atom is 0.00927 e. The summed E-state index contributed by atoms with van der Waals surface area (Å²) in [5.74, 6) is 1.76. The largest absolute Gasteiger partial charge is 0.317 e. The molecular formula is C14H30N2. The molecule has 1 fully saturated rings. The third kappa shape index (κ3) is 4.42. The smallest absolute Gasteiger partial charge is 0.00927 e. The second kappa shape index (κ2) is 7.29. The van der Waals surface area contributed by atoms with E-state index in [9.17, 15) is 0 Å². The van der Waals surface area contributed by atoms with Crippen LogP contribution in [0.25, 0.3) is 0 Å². The molecule has 1 rings (SSSR count). The number of nitrogens with one attached hydrogen (secondary N) is 1. The quantitative estimate of drug-likeness (QED) is 0.701. The summed E-state index contributed by atoms with van der Waals surface area (Å²) in [4.78, 5) is 2.70. The van der Waals surface area contributed by atoms with Gasteiger partial charge in [-0.05, 0) is 57.7 Å². The Kier molecular flexibility index (Phi) is 6.37. The Hall–Kier alpha value is -0.0800. The van der Waals surface area contributed by atoms with E-state index in [0.29, 0.717) is 0 Å². The van der Waals surface area contributed by atoms with Gasteiger partial charge in [-0.25, -0.2) is 0 Å². The molecule has 1 aliphatic rings. The van der Waals surface area contributed by atoms with Gasteiger partial charge in [0.2, 0.25) is 0 Å². The molecule has 0 aromatic carbocycles. The molecule has 0 aliphatic carbocycles. The van der Waals surface area contributed by atoms with Crippen molar-refractivity contribution in [1.82, 2.24) is 10.2 Å². The van der Waals surface area contributed by atoms with Crippen molar-refractivity contribution in [1.29, 1.82) is 0 Å². The molecule has 1 N–H and O–H groups in total. The first-order valence-corrected chi connectivity index (χ1v) is 7.09. The predicted molar refractivity (Wildman–Crippen MR) is 71.8 cm³/mol. The summed E-state index contributed by atoms with van der Waals surface area (Å²) < 4.78 is 0. The van der Waals surface area contributed by atoms with Gasteiger partial charge in [-0.3, -0.25) is 0 Å². The number of rotatable bonds is 6. The SMILES string of the molecule is CCNCCCCN1CC(C)CC(C)C1C. The number of hydrogen-bond acceptors (Lipinski definition) is 2. The van der Waals surface area contributed by atoms with Crippen molar-refractivity contribution in [2.75, 3.05) is 26.2 Å². The van der Waals surface area contributed by atoms with Crippen molar-refractivity contribution in [2.45, 2.75) is 53.0 Å². The lowest BCUT2D eigenvalue weighted by molar-refractivity contribution is 0.0783. The van der Waals surface area contributed by atoms with Gasteiger partial charge in [0.1, 0.15) is 0 Å². The summed E-state index contributed by atoms with van der Waals surface area (Å²) in [6, 6.07) is 0.787. The van der Waals surface area contributed by atoms with Crippen molar-refractivity contribution in [3.8, 4) is 0 Å². The van der Waals surface area contributed by atoms with Crippen LogP contribution >= 0.6 is 0 Å². The van der Waals surface area contributed by atoms with Crippen molar-refractivity contribution < 1.29 is 0 Å². The zero-order valence-corrected chi connectivity index (χ0v) is 11.6. The van der Waals surface area contributed by atoms with Gasteiger partial charge in [-0.1, -0.05) is 20.8 Å². The molecule has 0 bridgehead atoms. The van der Waals surface area contributed by atoms with Crippen molar-refractivity contribution >= 4 is 0 Å². The van der Waals surface area contributed by atoms with Crippen LogP contribution < -0.4 is 5.32 Å². The highest BCUT2D eigenvalue weighted by Crippen LogP contribution is 2.26. The fourth-order valence-corrected chi connectivity index (χ4v) is 2.87. The van der Waals surface area contributed by atoms with Gasteiger partial charge >= 0.3 is 0 Å². The van der Waals surface area contributed by atoms with E-state index in [1.54, 1.807) is 0 Å². The second-order valence-electron chi connectivity index (χ2n) is 5.61. The van der Waals surface area contributed by atoms with E-state index in [-0.39, 0.29) is 0 Å². The monoisotopic (exact) mass is 226 g/mol. The van der Waals surface area contributed by atoms with Crippen LogP contribution in [0.4, 0.5) is 0 Å². The number of likely N-dealkylation sites (tertiary alicyclic amines) is 1. The zero-order chi connectivity index (χ0) is 12.0. The Morgan fingerprint density at radius 2 is 1.94 bits per heavy atom. The van der Waals surface area contributed by atoms with Gasteiger partial charge in [-0.2, -0.15) is 0 Å². The van der Waals surface area contributed by atoms with Gasteiger partial charge in [0, 0.05) is 12.6 Å². The van der Waals surface area contributed by atoms with Crippen LogP contribution in [0.5, 0.6) is 0 Å². The Morgan fingerprint density at radius 1 is 1.19 bits per heavy atom. The minimum atomic E-state index is 0.787. The van der Waals surface area contributed by atoms with E-state index in [0.717, 1.165) is 24.4 Å². The molecule has 3 atom stereocenters. The molecule has 1 aliphatic heterocycles. The molecule has 1 saturated heterocycles. The van der Waals surface area contributed by atoms with Crippen molar-refractivity contribution in [2.24, 2.45) is 11.8 Å². The summed E-state index contributed by atoms with van der Waals surface area (Å²) >= 11 is 0. The van der Waals surface area contributed by atoms with Crippen LogP contribution in [-0.4, -0.2) is 37.1 Å². The number of piperidine rings is 1. The average molecular weight is 226 g/mol. The average Bonchev–Trinajstić information content (AvgIpc) is 2.24. The molecule has 3 unspecified atom stereocenters. The van der Waals surface area contributed by atoms with E-state index in [1.807, 2.05) is 0 Å². The van der Waals surface area contributed by atoms with E-state index in [4.69, 9.17) is 0 Å². The molecule has 96 valence electrons.